The smallest absolute Gasteiger partial charge is 0.394 e. The molecule has 0 aliphatic rings. The topological polar surface area (TPSA) is 61.3 Å². The molecule has 4 heteroatoms. The number of aromatic nitrogens is 1. The molecule has 0 saturated heterocycles. The average Bonchev–Trinajstić information content (AvgIpc) is 2.52. The third-order valence-electron chi connectivity index (χ3n) is 1.95. The van der Waals surface area contributed by atoms with E-state index in [0.717, 1.165) is 6.42 Å². The number of nitrogens with zero attached hydrogens (tertiary/aromatic N) is 1. The van der Waals surface area contributed by atoms with Gasteiger partial charge in [0.15, 0.2) is 0 Å². The Labute approximate surface area is 78.1 Å². The van der Waals surface area contributed by atoms with Crippen molar-refractivity contribution in [1.82, 2.24) is 4.98 Å². The molecule has 0 bridgehead atoms. The molecular formula is C9H16N2O2. The van der Waals surface area contributed by atoms with Crippen molar-refractivity contribution >= 4 is 0 Å². The van der Waals surface area contributed by atoms with Gasteiger partial charge < -0.3 is 14.9 Å². The maximum Gasteiger partial charge on any atom is 0.394 e. The first-order valence-corrected chi connectivity index (χ1v) is 4.41. The first-order valence-electron chi connectivity index (χ1n) is 4.41. The Morgan fingerprint density at radius 3 is 2.77 bits per heavy atom. The van der Waals surface area contributed by atoms with Crippen LogP contribution in [0.1, 0.15) is 32.9 Å². The van der Waals surface area contributed by atoms with Gasteiger partial charge in [-0.15, -0.1) is 0 Å². The number of hydrogen-bond donors (Lipinski definition) is 1. The third-order valence-corrected chi connectivity index (χ3v) is 1.95. The Balaban J connectivity index is 2.63. The van der Waals surface area contributed by atoms with Crippen LogP contribution >= 0.6 is 0 Å². The fraction of sp³-hybridized carbons (Fsp3) is 0.667. The van der Waals surface area contributed by atoms with E-state index in [0.29, 0.717) is 18.3 Å². The normalized spacial score (nSPS) is 11.7. The van der Waals surface area contributed by atoms with Crippen LogP contribution in [0, 0.1) is 0 Å². The SMILES string of the molecule is CCC(C)(C)Oc1nc(CN)co1. The van der Waals surface area contributed by atoms with Crippen LogP contribution in [0.3, 0.4) is 0 Å². The second kappa shape index (κ2) is 3.79. The molecule has 0 unspecified atom stereocenters. The molecule has 0 spiro atoms. The lowest BCUT2D eigenvalue weighted by Gasteiger charge is -2.21. The fourth-order valence-corrected chi connectivity index (χ4v) is 0.738. The molecular weight excluding hydrogens is 168 g/mol. The van der Waals surface area contributed by atoms with Gasteiger partial charge in [-0.1, -0.05) is 6.92 Å². The van der Waals surface area contributed by atoms with Crippen LogP contribution in [0.5, 0.6) is 6.08 Å². The quantitative estimate of drug-likeness (QED) is 0.773. The maximum atomic E-state index is 5.50. The zero-order chi connectivity index (χ0) is 9.90. The van der Waals surface area contributed by atoms with Crippen molar-refractivity contribution in [2.75, 3.05) is 0 Å². The van der Waals surface area contributed by atoms with E-state index in [1.807, 2.05) is 20.8 Å². The van der Waals surface area contributed by atoms with Gasteiger partial charge >= 0.3 is 6.08 Å². The van der Waals surface area contributed by atoms with Gasteiger partial charge in [0.2, 0.25) is 0 Å². The van der Waals surface area contributed by atoms with Crippen molar-refractivity contribution in [1.29, 1.82) is 0 Å². The first-order chi connectivity index (χ1) is 6.07. The number of hydrogen-bond acceptors (Lipinski definition) is 4. The van der Waals surface area contributed by atoms with Gasteiger partial charge in [0.25, 0.3) is 0 Å². The summed E-state index contributed by atoms with van der Waals surface area (Å²) in [4.78, 5) is 4.05. The van der Waals surface area contributed by atoms with Crippen molar-refractivity contribution in [3.05, 3.63) is 12.0 Å². The van der Waals surface area contributed by atoms with Crippen LogP contribution in [0.15, 0.2) is 10.7 Å². The maximum absolute atomic E-state index is 5.50. The van der Waals surface area contributed by atoms with Gasteiger partial charge in [0, 0.05) is 6.54 Å². The van der Waals surface area contributed by atoms with Crippen molar-refractivity contribution in [2.45, 2.75) is 39.3 Å². The second-order valence-corrected chi connectivity index (χ2v) is 3.52. The molecule has 1 heterocycles. The lowest BCUT2D eigenvalue weighted by atomic mass is 10.1. The summed E-state index contributed by atoms with van der Waals surface area (Å²) in [6.07, 6.45) is 2.71. The van der Waals surface area contributed by atoms with Crippen molar-refractivity contribution in [3.63, 3.8) is 0 Å². The van der Waals surface area contributed by atoms with Crippen LogP contribution in [0.2, 0.25) is 0 Å². The Morgan fingerprint density at radius 1 is 1.62 bits per heavy atom. The molecule has 0 aromatic carbocycles. The van der Waals surface area contributed by atoms with E-state index in [1.165, 1.54) is 6.26 Å². The van der Waals surface area contributed by atoms with Crippen LogP contribution in [-0.2, 0) is 6.54 Å². The zero-order valence-corrected chi connectivity index (χ0v) is 8.33. The summed E-state index contributed by atoms with van der Waals surface area (Å²) in [5.74, 6) is 0. The molecule has 13 heavy (non-hydrogen) atoms. The van der Waals surface area contributed by atoms with E-state index in [1.54, 1.807) is 0 Å². The summed E-state index contributed by atoms with van der Waals surface area (Å²) >= 11 is 0. The minimum Gasteiger partial charge on any atom is -0.444 e. The molecule has 0 aliphatic carbocycles. The highest BCUT2D eigenvalue weighted by molar-refractivity contribution is 5.00. The van der Waals surface area contributed by atoms with E-state index in [-0.39, 0.29) is 5.60 Å². The van der Waals surface area contributed by atoms with Crippen LogP contribution in [0.25, 0.3) is 0 Å². The van der Waals surface area contributed by atoms with E-state index < -0.39 is 0 Å². The lowest BCUT2D eigenvalue weighted by molar-refractivity contribution is 0.0666. The number of ether oxygens (including phenoxy) is 1. The van der Waals surface area contributed by atoms with Crippen molar-refractivity contribution in [3.8, 4) is 6.08 Å². The van der Waals surface area contributed by atoms with Crippen molar-refractivity contribution < 1.29 is 9.15 Å². The standard InChI is InChI=1S/C9H16N2O2/c1-4-9(2,3)13-8-11-7(5-10)6-12-8/h6H,4-5,10H2,1-3H3. The Morgan fingerprint density at radius 2 is 2.31 bits per heavy atom. The van der Waals surface area contributed by atoms with E-state index in [9.17, 15) is 0 Å². The van der Waals surface area contributed by atoms with Gasteiger partial charge in [-0.05, 0) is 20.3 Å². The van der Waals surface area contributed by atoms with Gasteiger partial charge in [-0.25, -0.2) is 0 Å². The predicted molar refractivity (Wildman–Crippen MR) is 49.4 cm³/mol. The monoisotopic (exact) mass is 184 g/mol. The minimum absolute atomic E-state index is 0.239. The molecule has 4 nitrogen and oxygen atoms in total. The summed E-state index contributed by atoms with van der Waals surface area (Å²) in [5.41, 5.74) is 5.85. The van der Waals surface area contributed by atoms with Crippen molar-refractivity contribution in [2.24, 2.45) is 5.73 Å². The van der Waals surface area contributed by atoms with Gasteiger partial charge in [0.1, 0.15) is 11.9 Å². The Bertz CT molecular complexity index is 268. The number of nitrogens with two attached hydrogens (primary N) is 1. The molecule has 0 amide bonds. The Kier molecular flexibility index (Phi) is 2.93. The summed E-state index contributed by atoms with van der Waals surface area (Å²) < 4.78 is 10.6. The van der Waals surface area contributed by atoms with Crippen LogP contribution in [-0.4, -0.2) is 10.6 Å². The molecule has 2 N–H and O–H groups in total. The zero-order valence-electron chi connectivity index (χ0n) is 8.33. The molecule has 0 aliphatic heterocycles. The largest absolute Gasteiger partial charge is 0.444 e. The predicted octanol–water partition coefficient (Wildman–Crippen LogP) is 1.70. The summed E-state index contributed by atoms with van der Waals surface area (Å²) in [5, 5.41) is 0. The molecule has 1 rings (SSSR count). The fourth-order valence-electron chi connectivity index (χ4n) is 0.738. The summed E-state index contributed by atoms with van der Waals surface area (Å²) in [6.45, 7) is 6.39. The Hall–Kier alpha value is -1.03. The highest BCUT2D eigenvalue weighted by Crippen LogP contribution is 2.19. The second-order valence-electron chi connectivity index (χ2n) is 3.52. The average molecular weight is 184 g/mol. The molecule has 1 aromatic heterocycles. The van der Waals surface area contributed by atoms with E-state index in [4.69, 9.17) is 14.9 Å². The summed E-state index contributed by atoms with van der Waals surface area (Å²) in [7, 11) is 0. The molecule has 0 atom stereocenters. The van der Waals surface area contributed by atoms with Gasteiger partial charge in [-0.3, -0.25) is 0 Å². The molecule has 1 aromatic rings. The molecule has 74 valence electrons. The molecule has 0 saturated carbocycles. The number of oxazole rings is 1. The van der Waals surface area contributed by atoms with Gasteiger partial charge in [0.05, 0.1) is 5.69 Å². The molecule has 0 radical (unpaired) electrons. The number of rotatable bonds is 4. The van der Waals surface area contributed by atoms with Gasteiger partial charge in [-0.2, -0.15) is 4.98 Å². The van der Waals surface area contributed by atoms with E-state index in [2.05, 4.69) is 4.98 Å². The van der Waals surface area contributed by atoms with Crippen LogP contribution in [0.4, 0.5) is 0 Å². The molecule has 0 fully saturated rings. The summed E-state index contributed by atoms with van der Waals surface area (Å²) in [6, 6.07) is 0. The van der Waals surface area contributed by atoms with Crippen LogP contribution < -0.4 is 10.5 Å². The third kappa shape index (κ3) is 2.73. The minimum atomic E-state index is -0.239. The highest BCUT2D eigenvalue weighted by Gasteiger charge is 2.19. The highest BCUT2D eigenvalue weighted by atomic mass is 16.6. The lowest BCUT2D eigenvalue weighted by Crippen LogP contribution is -2.26. The first kappa shape index (κ1) is 10.1. The van der Waals surface area contributed by atoms with E-state index >= 15 is 0 Å².